The van der Waals surface area contributed by atoms with Crippen molar-refractivity contribution in [1.82, 2.24) is 4.98 Å². The molecule has 3 N–H and O–H groups in total. The van der Waals surface area contributed by atoms with Crippen LogP contribution in [0, 0.1) is 6.92 Å². The molecule has 1 aromatic carbocycles. The molecular formula is C13H17N3O2. The van der Waals surface area contributed by atoms with Crippen molar-refractivity contribution < 1.29 is 9.21 Å². The van der Waals surface area contributed by atoms with Crippen molar-refractivity contribution in [3.05, 3.63) is 24.1 Å². The van der Waals surface area contributed by atoms with E-state index in [-0.39, 0.29) is 11.9 Å². The number of aromatic nitrogens is 1. The number of nitrogens with zero attached hydrogens (tertiary/aromatic N) is 1. The van der Waals surface area contributed by atoms with Gasteiger partial charge < -0.3 is 15.5 Å². The Kier molecular flexibility index (Phi) is 3.62. The van der Waals surface area contributed by atoms with Gasteiger partial charge in [0.25, 0.3) is 0 Å². The maximum Gasteiger partial charge on any atom is 0.224 e. The molecule has 0 bridgehead atoms. The van der Waals surface area contributed by atoms with Crippen molar-refractivity contribution >= 4 is 22.7 Å². The Bertz CT molecular complexity index is 560. The van der Waals surface area contributed by atoms with Gasteiger partial charge in [-0.25, -0.2) is 4.98 Å². The SMILES string of the molecule is Cc1nc2cc(NC(=O)CCC(C)N)ccc2o1. The summed E-state index contributed by atoms with van der Waals surface area (Å²) in [5.41, 5.74) is 7.81. The zero-order chi connectivity index (χ0) is 13.1. The number of carbonyl (C=O) groups is 1. The highest BCUT2D eigenvalue weighted by Crippen LogP contribution is 2.19. The summed E-state index contributed by atoms with van der Waals surface area (Å²) >= 11 is 0. The van der Waals surface area contributed by atoms with Crippen LogP contribution in [0.2, 0.25) is 0 Å². The molecule has 0 radical (unpaired) electrons. The van der Waals surface area contributed by atoms with Crippen LogP contribution in [0.5, 0.6) is 0 Å². The van der Waals surface area contributed by atoms with Crippen LogP contribution in [0.4, 0.5) is 5.69 Å². The van der Waals surface area contributed by atoms with Crippen LogP contribution < -0.4 is 11.1 Å². The highest BCUT2D eigenvalue weighted by atomic mass is 16.3. The van der Waals surface area contributed by atoms with Crippen molar-refractivity contribution in [2.24, 2.45) is 5.73 Å². The molecule has 0 aliphatic carbocycles. The fourth-order valence-electron chi connectivity index (χ4n) is 1.70. The van der Waals surface area contributed by atoms with Gasteiger partial charge in [0.1, 0.15) is 5.52 Å². The number of aryl methyl sites for hydroxylation is 1. The van der Waals surface area contributed by atoms with Crippen LogP contribution in [-0.2, 0) is 4.79 Å². The number of oxazole rings is 1. The minimum atomic E-state index is -0.0353. The average Bonchev–Trinajstić information content (AvgIpc) is 2.66. The number of amides is 1. The van der Waals surface area contributed by atoms with Crippen molar-refractivity contribution in [2.75, 3.05) is 5.32 Å². The number of rotatable bonds is 4. The van der Waals surface area contributed by atoms with Gasteiger partial charge in [-0.2, -0.15) is 0 Å². The van der Waals surface area contributed by atoms with Gasteiger partial charge in [-0.3, -0.25) is 4.79 Å². The number of hydrogen-bond acceptors (Lipinski definition) is 4. The van der Waals surface area contributed by atoms with E-state index in [0.29, 0.717) is 18.7 Å². The van der Waals surface area contributed by atoms with Gasteiger partial charge in [0.05, 0.1) is 0 Å². The van der Waals surface area contributed by atoms with E-state index in [0.717, 1.165) is 16.8 Å². The number of nitrogens with one attached hydrogen (secondary N) is 1. The summed E-state index contributed by atoms with van der Waals surface area (Å²) in [6.45, 7) is 3.68. The predicted molar refractivity (Wildman–Crippen MR) is 70.3 cm³/mol. The zero-order valence-corrected chi connectivity index (χ0v) is 10.6. The maximum absolute atomic E-state index is 11.6. The third-order valence-electron chi connectivity index (χ3n) is 2.60. The summed E-state index contributed by atoms with van der Waals surface area (Å²) in [6.07, 6.45) is 1.10. The highest BCUT2D eigenvalue weighted by Gasteiger charge is 2.07. The first kappa shape index (κ1) is 12.6. The number of benzene rings is 1. The predicted octanol–water partition coefficient (Wildman–Crippen LogP) is 2.20. The van der Waals surface area contributed by atoms with E-state index in [2.05, 4.69) is 10.3 Å². The Morgan fingerprint density at radius 1 is 1.56 bits per heavy atom. The first-order valence-electron chi connectivity index (χ1n) is 5.97. The lowest BCUT2D eigenvalue weighted by Crippen LogP contribution is -2.19. The van der Waals surface area contributed by atoms with E-state index in [4.69, 9.17) is 10.2 Å². The largest absolute Gasteiger partial charge is 0.441 e. The second-order valence-corrected chi connectivity index (χ2v) is 4.48. The molecule has 0 saturated heterocycles. The van der Waals surface area contributed by atoms with Gasteiger partial charge in [-0.05, 0) is 31.5 Å². The van der Waals surface area contributed by atoms with Gasteiger partial charge in [0.2, 0.25) is 5.91 Å². The molecule has 0 fully saturated rings. The number of hydrogen-bond donors (Lipinski definition) is 2. The average molecular weight is 247 g/mol. The van der Waals surface area contributed by atoms with Gasteiger partial charge in [-0.1, -0.05) is 0 Å². The third-order valence-corrected chi connectivity index (χ3v) is 2.60. The first-order chi connectivity index (χ1) is 8.54. The number of fused-ring (bicyclic) bond motifs is 1. The minimum absolute atomic E-state index is 0.0353. The molecule has 0 aliphatic rings. The Balaban J connectivity index is 2.05. The molecule has 1 heterocycles. The summed E-state index contributed by atoms with van der Waals surface area (Å²) in [7, 11) is 0. The molecular weight excluding hydrogens is 230 g/mol. The number of nitrogens with two attached hydrogens (primary N) is 1. The van der Waals surface area contributed by atoms with E-state index < -0.39 is 0 Å². The van der Waals surface area contributed by atoms with E-state index in [1.165, 1.54) is 0 Å². The molecule has 0 spiro atoms. The van der Waals surface area contributed by atoms with Gasteiger partial charge >= 0.3 is 0 Å². The second-order valence-electron chi connectivity index (χ2n) is 4.48. The van der Waals surface area contributed by atoms with E-state index in [9.17, 15) is 4.79 Å². The lowest BCUT2D eigenvalue weighted by atomic mass is 10.2. The topological polar surface area (TPSA) is 81.2 Å². The fraction of sp³-hybridized carbons (Fsp3) is 0.385. The Morgan fingerprint density at radius 3 is 3.06 bits per heavy atom. The van der Waals surface area contributed by atoms with E-state index in [1.807, 2.05) is 6.92 Å². The molecule has 0 aliphatic heterocycles. The molecule has 2 rings (SSSR count). The quantitative estimate of drug-likeness (QED) is 0.867. The Morgan fingerprint density at radius 2 is 2.33 bits per heavy atom. The summed E-state index contributed by atoms with van der Waals surface area (Å²) in [5.74, 6) is 0.581. The first-order valence-corrected chi connectivity index (χ1v) is 5.97. The molecule has 2 aromatic rings. The molecule has 5 heteroatoms. The van der Waals surface area contributed by atoms with Crippen molar-refractivity contribution in [3.63, 3.8) is 0 Å². The van der Waals surface area contributed by atoms with E-state index >= 15 is 0 Å². The zero-order valence-electron chi connectivity index (χ0n) is 10.6. The lowest BCUT2D eigenvalue weighted by Gasteiger charge is -2.06. The number of carbonyl (C=O) groups excluding carboxylic acids is 1. The summed E-state index contributed by atoms with van der Waals surface area (Å²) in [4.78, 5) is 15.9. The van der Waals surface area contributed by atoms with Crippen LogP contribution in [0.15, 0.2) is 22.6 Å². The minimum Gasteiger partial charge on any atom is -0.441 e. The van der Waals surface area contributed by atoms with Crippen LogP contribution in [0.3, 0.4) is 0 Å². The van der Waals surface area contributed by atoms with Crippen molar-refractivity contribution in [2.45, 2.75) is 32.7 Å². The lowest BCUT2D eigenvalue weighted by molar-refractivity contribution is -0.116. The molecule has 5 nitrogen and oxygen atoms in total. The second kappa shape index (κ2) is 5.18. The molecule has 18 heavy (non-hydrogen) atoms. The third kappa shape index (κ3) is 3.07. The monoisotopic (exact) mass is 247 g/mol. The van der Waals surface area contributed by atoms with Gasteiger partial charge in [-0.15, -0.1) is 0 Å². The summed E-state index contributed by atoms with van der Waals surface area (Å²) < 4.78 is 5.37. The Hall–Kier alpha value is -1.88. The highest BCUT2D eigenvalue weighted by molar-refractivity contribution is 5.92. The van der Waals surface area contributed by atoms with Gasteiger partial charge in [0.15, 0.2) is 11.5 Å². The normalized spacial score (nSPS) is 12.6. The van der Waals surface area contributed by atoms with Crippen molar-refractivity contribution in [1.29, 1.82) is 0 Å². The maximum atomic E-state index is 11.6. The molecule has 1 aromatic heterocycles. The van der Waals surface area contributed by atoms with Crippen molar-refractivity contribution in [3.8, 4) is 0 Å². The van der Waals surface area contributed by atoms with Gasteiger partial charge in [0, 0.05) is 25.1 Å². The Labute approximate surface area is 105 Å². The van der Waals surface area contributed by atoms with Crippen LogP contribution in [0.25, 0.3) is 11.1 Å². The molecule has 1 atom stereocenters. The van der Waals surface area contributed by atoms with Crippen LogP contribution in [0.1, 0.15) is 25.7 Å². The number of anilines is 1. The summed E-state index contributed by atoms with van der Waals surface area (Å²) in [5, 5.41) is 2.82. The molecule has 0 saturated carbocycles. The summed E-state index contributed by atoms with van der Waals surface area (Å²) in [6, 6.07) is 5.44. The fourth-order valence-corrected chi connectivity index (χ4v) is 1.70. The van der Waals surface area contributed by atoms with Crippen LogP contribution in [-0.4, -0.2) is 16.9 Å². The smallest absolute Gasteiger partial charge is 0.224 e. The molecule has 1 amide bonds. The van der Waals surface area contributed by atoms with E-state index in [1.54, 1.807) is 25.1 Å². The van der Waals surface area contributed by atoms with Crippen LogP contribution >= 0.6 is 0 Å². The molecule has 96 valence electrons. The molecule has 1 unspecified atom stereocenters. The standard InChI is InChI=1S/C13H17N3O2/c1-8(14)3-6-13(17)16-10-4-5-12-11(7-10)15-9(2)18-12/h4-5,7-8H,3,6,14H2,1-2H3,(H,16,17).